The third-order valence-corrected chi connectivity index (χ3v) is 4.27. The lowest BCUT2D eigenvalue weighted by atomic mass is 10.1. The number of nitrogens with two attached hydrogens (primary N) is 1. The van der Waals surface area contributed by atoms with E-state index in [4.69, 9.17) is 18.0 Å². The summed E-state index contributed by atoms with van der Waals surface area (Å²) in [6, 6.07) is 5.00. The van der Waals surface area contributed by atoms with E-state index in [2.05, 4.69) is 4.90 Å². The van der Waals surface area contributed by atoms with E-state index < -0.39 is 0 Å². The lowest BCUT2D eigenvalue weighted by molar-refractivity contribution is 0.0654. The van der Waals surface area contributed by atoms with E-state index >= 15 is 0 Å². The summed E-state index contributed by atoms with van der Waals surface area (Å²) in [5, 5.41) is 9.67. The molecule has 0 atom stereocenters. The van der Waals surface area contributed by atoms with Crippen LogP contribution >= 0.6 is 34.8 Å². The average molecular weight is 405 g/mol. The highest BCUT2D eigenvalue weighted by atomic mass is 127. The Labute approximate surface area is 136 Å². The Kier molecular flexibility index (Phi) is 5.17. The second-order valence-electron chi connectivity index (χ2n) is 4.70. The number of carbonyl (C=O) groups is 1. The molecule has 1 amide bonds. The van der Waals surface area contributed by atoms with Gasteiger partial charge in [0.25, 0.3) is 5.91 Å². The Morgan fingerprint density at radius 1 is 1.35 bits per heavy atom. The van der Waals surface area contributed by atoms with Gasteiger partial charge < -0.3 is 15.7 Å². The number of hydrogen-bond acceptors (Lipinski definition) is 4. The minimum Gasteiger partial charge on any atom is -0.507 e. The fourth-order valence-electron chi connectivity index (χ4n) is 2.16. The number of halogens is 1. The average Bonchev–Trinajstić information content (AvgIpc) is 2.41. The predicted molar refractivity (Wildman–Crippen MR) is 90.0 cm³/mol. The van der Waals surface area contributed by atoms with E-state index in [0.29, 0.717) is 30.2 Å². The molecule has 1 aliphatic heterocycles. The highest BCUT2D eigenvalue weighted by molar-refractivity contribution is 14.1. The number of hydrogen-bond donors (Lipinski definition) is 2. The van der Waals surface area contributed by atoms with Gasteiger partial charge in [-0.1, -0.05) is 12.2 Å². The molecule has 2 rings (SSSR count). The number of piperazine rings is 1. The Morgan fingerprint density at radius 2 is 2.00 bits per heavy atom. The molecule has 1 fully saturated rings. The van der Waals surface area contributed by atoms with Crippen molar-refractivity contribution in [3.05, 3.63) is 27.3 Å². The van der Waals surface area contributed by atoms with E-state index in [9.17, 15) is 9.90 Å². The number of phenols is 1. The fourth-order valence-corrected chi connectivity index (χ4v) is 2.68. The van der Waals surface area contributed by atoms with Crippen LogP contribution in [0.15, 0.2) is 18.2 Å². The topological polar surface area (TPSA) is 69.8 Å². The van der Waals surface area contributed by atoms with E-state index in [1.54, 1.807) is 17.0 Å². The molecule has 1 aromatic carbocycles. The third kappa shape index (κ3) is 3.80. The van der Waals surface area contributed by atoms with Crippen LogP contribution in [0.5, 0.6) is 5.75 Å². The van der Waals surface area contributed by atoms with Gasteiger partial charge in [-0.25, -0.2) is 0 Å². The molecule has 0 aliphatic carbocycles. The van der Waals surface area contributed by atoms with Crippen molar-refractivity contribution in [1.29, 1.82) is 0 Å². The van der Waals surface area contributed by atoms with Crippen LogP contribution in [-0.4, -0.2) is 58.5 Å². The highest BCUT2D eigenvalue weighted by Gasteiger charge is 2.22. The summed E-state index contributed by atoms with van der Waals surface area (Å²) >= 11 is 6.91. The molecule has 1 aliphatic rings. The summed E-state index contributed by atoms with van der Waals surface area (Å²) in [4.78, 5) is 16.7. The van der Waals surface area contributed by atoms with Crippen molar-refractivity contribution >= 4 is 45.7 Å². The summed E-state index contributed by atoms with van der Waals surface area (Å²) in [7, 11) is 0. The number of benzene rings is 1. The zero-order valence-electron chi connectivity index (χ0n) is 10.9. The second-order valence-corrected chi connectivity index (χ2v) is 6.39. The SMILES string of the molecule is NC(=S)CN1CCN(C(=O)c2ccc(I)c(O)c2)CC1. The molecule has 1 saturated heterocycles. The van der Waals surface area contributed by atoms with Gasteiger partial charge in [0, 0.05) is 38.3 Å². The molecule has 0 saturated carbocycles. The smallest absolute Gasteiger partial charge is 0.254 e. The van der Waals surface area contributed by atoms with Gasteiger partial charge in [-0.3, -0.25) is 9.69 Å². The van der Waals surface area contributed by atoms with Crippen molar-refractivity contribution < 1.29 is 9.90 Å². The van der Waals surface area contributed by atoms with E-state index in [1.165, 1.54) is 6.07 Å². The normalized spacial score (nSPS) is 16.1. The van der Waals surface area contributed by atoms with Crippen LogP contribution in [0.25, 0.3) is 0 Å². The summed E-state index contributed by atoms with van der Waals surface area (Å²) in [6.07, 6.45) is 0. The van der Waals surface area contributed by atoms with Crippen molar-refractivity contribution in [3.63, 3.8) is 0 Å². The van der Waals surface area contributed by atoms with Crippen LogP contribution < -0.4 is 5.73 Å². The van der Waals surface area contributed by atoms with E-state index in [1.807, 2.05) is 22.6 Å². The Morgan fingerprint density at radius 3 is 2.55 bits per heavy atom. The Balaban J connectivity index is 1.97. The number of amides is 1. The van der Waals surface area contributed by atoms with Gasteiger partial charge in [-0.05, 0) is 40.8 Å². The predicted octanol–water partition coefficient (Wildman–Crippen LogP) is 1.04. The molecule has 1 aromatic rings. The van der Waals surface area contributed by atoms with Gasteiger partial charge in [0.2, 0.25) is 0 Å². The van der Waals surface area contributed by atoms with Crippen molar-refractivity contribution in [2.45, 2.75) is 0 Å². The molecule has 0 aromatic heterocycles. The summed E-state index contributed by atoms with van der Waals surface area (Å²) in [5.74, 6) is 0.0928. The molecule has 7 heteroatoms. The first-order valence-corrected chi connectivity index (χ1v) is 7.74. The molecule has 0 unspecified atom stereocenters. The molecule has 3 N–H and O–H groups in total. The maximum absolute atomic E-state index is 12.3. The van der Waals surface area contributed by atoms with Crippen LogP contribution in [0.1, 0.15) is 10.4 Å². The van der Waals surface area contributed by atoms with Gasteiger partial charge in [0.05, 0.1) is 8.56 Å². The Bertz CT molecular complexity index is 530. The van der Waals surface area contributed by atoms with Crippen LogP contribution in [0.3, 0.4) is 0 Å². The summed E-state index contributed by atoms with van der Waals surface area (Å²) < 4.78 is 0.737. The fraction of sp³-hybridized carbons (Fsp3) is 0.385. The van der Waals surface area contributed by atoms with Crippen molar-refractivity contribution in [1.82, 2.24) is 9.80 Å². The first-order chi connectivity index (χ1) is 9.47. The van der Waals surface area contributed by atoms with Gasteiger partial charge >= 0.3 is 0 Å². The molecule has 0 radical (unpaired) electrons. The number of carbonyl (C=O) groups excluding carboxylic acids is 1. The molecule has 20 heavy (non-hydrogen) atoms. The number of phenolic OH excluding ortho intramolecular Hbond substituents is 1. The largest absolute Gasteiger partial charge is 0.507 e. The van der Waals surface area contributed by atoms with E-state index in [-0.39, 0.29) is 11.7 Å². The summed E-state index contributed by atoms with van der Waals surface area (Å²) in [6.45, 7) is 3.42. The maximum atomic E-state index is 12.3. The molecular weight excluding hydrogens is 389 g/mol. The van der Waals surface area contributed by atoms with Crippen molar-refractivity contribution in [3.8, 4) is 5.75 Å². The summed E-state index contributed by atoms with van der Waals surface area (Å²) in [5.41, 5.74) is 6.04. The number of rotatable bonds is 3. The number of aromatic hydroxyl groups is 1. The third-order valence-electron chi connectivity index (χ3n) is 3.23. The first-order valence-electron chi connectivity index (χ1n) is 6.26. The maximum Gasteiger partial charge on any atom is 0.254 e. The molecule has 1 heterocycles. The molecule has 0 bridgehead atoms. The van der Waals surface area contributed by atoms with Crippen LogP contribution in [-0.2, 0) is 0 Å². The van der Waals surface area contributed by atoms with Crippen LogP contribution in [0, 0.1) is 3.57 Å². The molecule has 108 valence electrons. The quantitative estimate of drug-likeness (QED) is 0.581. The minimum atomic E-state index is -0.0494. The van der Waals surface area contributed by atoms with E-state index in [0.717, 1.165) is 16.7 Å². The van der Waals surface area contributed by atoms with Crippen molar-refractivity contribution in [2.75, 3.05) is 32.7 Å². The Hall–Kier alpha value is -0.930. The van der Waals surface area contributed by atoms with Crippen LogP contribution in [0.2, 0.25) is 0 Å². The molecular formula is C13H16IN3O2S. The van der Waals surface area contributed by atoms with Gasteiger partial charge in [0.1, 0.15) is 5.75 Å². The van der Waals surface area contributed by atoms with Gasteiger partial charge in [0.15, 0.2) is 0 Å². The standard InChI is InChI=1S/C13H16IN3O2S/c14-10-2-1-9(7-11(10)18)13(19)17-5-3-16(4-6-17)8-12(15)20/h1-2,7,18H,3-6,8H2,(H2,15,20). The van der Waals surface area contributed by atoms with Gasteiger partial charge in [-0.15, -0.1) is 0 Å². The first kappa shape index (κ1) is 15.5. The monoisotopic (exact) mass is 405 g/mol. The number of nitrogens with zero attached hydrogens (tertiary/aromatic N) is 2. The lowest BCUT2D eigenvalue weighted by Gasteiger charge is -2.34. The molecule has 5 nitrogen and oxygen atoms in total. The number of thiocarbonyl (C=S) groups is 1. The highest BCUT2D eigenvalue weighted by Crippen LogP contribution is 2.21. The van der Waals surface area contributed by atoms with Crippen LogP contribution in [0.4, 0.5) is 0 Å². The molecule has 0 spiro atoms. The van der Waals surface area contributed by atoms with Gasteiger partial charge in [-0.2, -0.15) is 0 Å². The van der Waals surface area contributed by atoms with Crippen molar-refractivity contribution in [2.24, 2.45) is 5.73 Å². The lowest BCUT2D eigenvalue weighted by Crippen LogP contribution is -2.50. The zero-order chi connectivity index (χ0) is 14.7. The zero-order valence-corrected chi connectivity index (χ0v) is 13.9. The second kappa shape index (κ2) is 6.68. The minimum absolute atomic E-state index is 0.0494.